The van der Waals surface area contributed by atoms with Crippen molar-refractivity contribution in [3.8, 4) is 6.07 Å². The molecule has 0 aliphatic carbocycles. The molecule has 29 heavy (non-hydrogen) atoms. The number of H-pyrrole nitrogens is 1. The fourth-order valence-corrected chi connectivity index (χ4v) is 3.57. The van der Waals surface area contributed by atoms with Crippen molar-refractivity contribution in [2.75, 3.05) is 24.5 Å². The Labute approximate surface area is 169 Å². The van der Waals surface area contributed by atoms with E-state index in [1.165, 1.54) is 6.08 Å². The van der Waals surface area contributed by atoms with E-state index in [2.05, 4.69) is 31.7 Å². The fraction of sp³-hybridized carbons (Fsp3) is 0.450. The van der Waals surface area contributed by atoms with Crippen LogP contribution in [0.1, 0.15) is 37.6 Å². The highest BCUT2D eigenvalue weighted by atomic mass is 16.2. The van der Waals surface area contributed by atoms with E-state index < -0.39 is 5.54 Å². The predicted molar refractivity (Wildman–Crippen MR) is 109 cm³/mol. The summed E-state index contributed by atoms with van der Waals surface area (Å²) < 4.78 is 0. The molecule has 152 valence electrons. The van der Waals surface area contributed by atoms with Crippen LogP contribution in [0.2, 0.25) is 0 Å². The molecule has 3 heterocycles. The van der Waals surface area contributed by atoms with E-state index >= 15 is 0 Å². The Morgan fingerprint density at radius 3 is 2.90 bits per heavy atom. The number of anilines is 1. The number of aromatic nitrogens is 3. The summed E-state index contributed by atoms with van der Waals surface area (Å²) in [7, 11) is 0. The maximum absolute atomic E-state index is 12.6. The lowest BCUT2D eigenvalue weighted by molar-refractivity contribution is -0.131. The van der Waals surface area contributed by atoms with E-state index in [0.717, 1.165) is 0 Å². The second-order valence-electron chi connectivity index (χ2n) is 7.79. The third kappa shape index (κ3) is 4.06. The van der Waals surface area contributed by atoms with Crippen molar-refractivity contribution in [1.29, 1.82) is 5.26 Å². The lowest BCUT2D eigenvalue weighted by atomic mass is 9.98. The van der Waals surface area contributed by atoms with Gasteiger partial charge < -0.3 is 20.1 Å². The molecule has 1 aliphatic rings. The van der Waals surface area contributed by atoms with Crippen molar-refractivity contribution in [3.05, 3.63) is 30.6 Å². The van der Waals surface area contributed by atoms with Gasteiger partial charge >= 0.3 is 0 Å². The summed E-state index contributed by atoms with van der Waals surface area (Å²) in [5.41, 5.74) is 0.989. The molecule has 0 radical (unpaired) electrons. The average Bonchev–Trinajstić information content (AvgIpc) is 3.10. The first-order chi connectivity index (χ1) is 13.8. The van der Waals surface area contributed by atoms with Crippen molar-refractivity contribution in [2.45, 2.75) is 38.8 Å². The molecule has 2 aromatic heterocycles. The van der Waals surface area contributed by atoms with Gasteiger partial charge in [0.05, 0.1) is 29.8 Å². The van der Waals surface area contributed by atoms with E-state index in [9.17, 15) is 9.59 Å². The van der Waals surface area contributed by atoms with Crippen LogP contribution in [0.3, 0.4) is 0 Å². The minimum atomic E-state index is -0.398. The molecule has 0 saturated carbocycles. The van der Waals surface area contributed by atoms with Gasteiger partial charge in [-0.25, -0.2) is 9.97 Å². The van der Waals surface area contributed by atoms with E-state index in [1.54, 1.807) is 24.2 Å². The molecule has 0 aromatic carbocycles. The zero-order valence-electron chi connectivity index (χ0n) is 16.9. The van der Waals surface area contributed by atoms with Crippen molar-refractivity contribution in [1.82, 2.24) is 25.2 Å². The molecule has 2 amide bonds. The van der Waals surface area contributed by atoms with E-state index in [-0.39, 0.29) is 24.3 Å². The molecular formula is C20H25N7O2. The number of carbonyl (C=O) groups excluding carboxylic acids is 2. The Hall–Kier alpha value is -3.41. The number of carbonyl (C=O) groups is 2. The minimum Gasteiger partial charge on any atom is -0.351 e. The number of nitrogens with one attached hydrogen (secondary N) is 2. The Bertz CT molecular complexity index is 988. The van der Waals surface area contributed by atoms with Gasteiger partial charge in [0.2, 0.25) is 5.91 Å². The molecule has 2 aromatic rings. The molecule has 3 rings (SSSR count). The highest BCUT2D eigenvalue weighted by Crippen LogP contribution is 2.26. The molecule has 9 heteroatoms. The first kappa shape index (κ1) is 20.3. The third-order valence-corrected chi connectivity index (χ3v) is 5.05. The summed E-state index contributed by atoms with van der Waals surface area (Å²) in [4.78, 5) is 40.6. The van der Waals surface area contributed by atoms with E-state index in [4.69, 9.17) is 5.26 Å². The van der Waals surface area contributed by atoms with Crippen LogP contribution in [0, 0.1) is 11.3 Å². The van der Waals surface area contributed by atoms with Gasteiger partial charge in [0.1, 0.15) is 11.3 Å². The van der Waals surface area contributed by atoms with E-state index in [1.807, 2.05) is 19.9 Å². The number of nitrogens with zero attached hydrogens (tertiary/aromatic N) is 5. The molecule has 0 unspecified atom stereocenters. The van der Waals surface area contributed by atoms with Crippen molar-refractivity contribution >= 4 is 28.8 Å². The number of hydrogen-bond donors (Lipinski definition) is 2. The predicted octanol–water partition coefficient (Wildman–Crippen LogP) is 1.60. The van der Waals surface area contributed by atoms with Crippen LogP contribution in [-0.2, 0) is 4.79 Å². The van der Waals surface area contributed by atoms with E-state index in [0.29, 0.717) is 42.2 Å². The van der Waals surface area contributed by atoms with Crippen LogP contribution in [0.5, 0.6) is 0 Å². The van der Waals surface area contributed by atoms with Gasteiger partial charge in [-0.3, -0.25) is 9.59 Å². The number of amides is 2. The van der Waals surface area contributed by atoms with Crippen LogP contribution in [-0.4, -0.2) is 62.9 Å². The van der Waals surface area contributed by atoms with Crippen molar-refractivity contribution in [3.63, 3.8) is 0 Å². The zero-order chi connectivity index (χ0) is 21.2. The summed E-state index contributed by atoms with van der Waals surface area (Å²) in [6.07, 6.45) is 4.81. The molecule has 1 aliphatic heterocycles. The molecule has 1 saturated heterocycles. The summed E-state index contributed by atoms with van der Waals surface area (Å²) >= 11 is 0. The third-order valence-electron chi connectivity index (χ3n) is 5.05. The molecule has 0 bridgehead atoms. The SMILES string of the molecule is C=CC(=O)N1CCN(c2cnc3[nH]cc(C(=O)N[C@H](C)CC#N)c3n2)CC1(C)C. The highest BCUT2D eigenvalue weighted by Gasteiger charge is 2.36. The largest absolute Gasteiger partial charge is 0.351 e. The molecule has 0 spiro atoms. The minimum absolute atomic E-state index is 0.0905. The lowest BCUT2D eigenvalue weighted by Crippen LogP contribution is -2.61. The molecular weight excluding hydrogens is 370 g/mol. The number of aromatic amines is 1. The summed E-state index contributed by atoms with van der Waals surface area (Å²) in [5.74, 6) is 0.259. The molecule has 1 fully saturated rings. The first-order valence-electron chi connectivity index (χ1n) is 9.47. The highest BCUT2D eigenvalue weighted by molar-refractivity contribution is 6.04. The Morgan fingerprint density at radius 2 is 2.24 bits per heavy atom. The van der Waals surface area contributed by atoms with Gasteiger partial charge in [-0.05, 0) is 26.8 Å². The van der Waals surface area contributed by atoms with Gasteiger partial charge in [-0.15, -0.1) is 0 Å². The lowest BCUT2D eigenvalue weighted by Gasteiger charge is -2.47. The van der Waals surface area contributed by atoms with Crippen LogP contribution in [0.25, 0.3) is 11.2 Å². The summed E-state index contributed by atoms with van der Waals surface area (Å²) in [6, 6.07) is 1.78. The standard InChI is InChI=1S/C20H25N7O2/c1-5-16(28)27-9-8-26(12-20(27,3)4)15-11-23-18-17(25-15)14(10-22-18)19(29)24-13(2)6-7-21/h5,10-11,13H,1,6,8-9,12H2,2-4H3,(H,22,23)(H,24,29)/t13-/m1/s1. The van der Waals surface area contributed by atoms with Crippen molar-refractivity contribution < 1.29 is 9.59 Å². The van der Waals surface area contributed by atoms with Crippen LogP contribution in [0.15, 0.2) is 25.0 Å². The zero-order valence-corrected chi connectivity index (χ0v) is 16.9. The molecule has 2 N–H and O–H groups in total. The quantitative estimate of drug-likeness (QED) is 0.743. The van der Waals surface area contributed by atoms with Gasteiger partial charge in [-0.2, -0.15) is 5.26 Å². The van der Waals surface area contributed by atoms with Gasteiger partial charge in [0.25, 0.3) is 5.91 Å². The summed E-state index contributed by atoms with van der Waals surface area (Å²) in [6.45, 7) is 11.1. The monoisotopic (exact) mass is 395 g/mol. The van der Waals surface area contributed by atoms with Crippen LogP contribution >= 0.6 is 0 Å². The Kier molecular flexibility index (Phi) is 5.55. The topological polar surface area (TPSA) is 118 Å². The Balaban J connectivity index is 1.85. The number of hydrogen-bond acceptors (Lipinski definition) is 6. The number of piperazine rings is 1. The number of nitriles is 1. The average molecular weight is 395 g/mol. The smallest absolute Gasteiger partial charge is 0.255 e. The van der Waals surface area contributed by atoms with Gasteiger partial charge in [-0.1, -0.05) is 6.58 Å². The molecule has 1 atom stereocenters. The van der Waals surface area contributed by atoms with Gasteiger partial charge in [0, 0.05) is 31.9 Å². The number of fused-ring (bicyclic) bond motifs is 1. The first-order valence-corrected chi connectivity index (χ1v) is 9.47. The second-order valence-corrected chi connectivity index (χ2v) is 7.79. The number of rotatable bonds is 5. The van der Waals surface area contributed by atoms with Gasteiger partial charge in [0.15, 0.2) is 5.65 Å². The summed E-state index contributed by atoms with van der Waals surface area (Å²) in [5, 5.41) is 11.6. The Morgan fingerprint density at radius 1 is 1.48 bits per heavy atom. The molecule has 9 nitrogen and oxygen atoms in total. The normalized spacial score (nSPS) is 16.9. The maximum Gasteiger partial charge on any atom is 0.255 e. The second kappa shape index (κ2) is 7.91. The fourth-order valence-electron chi connectivity index (χ4n) is 3.57. The maximum atomic E-state index is 12.6. The van der Waals surface area contributed by atoms with Crippen LogP contribution < -0.4 is 10.2 Å². The van der Waals surface area contributed by atoms with Crippen molar-refractivity contribution in [2.24, 2.45) is 0 Å². The van der Waals surface area contributed by atoms with Crippen LogP contribution in [0.4, 0.5) is 5.82 Å².